The second-order valence-electron chi connectivity index (χ2n) is 2.54. The van der Waals surface area contributed by atoms with Gasteiger partial charge in [0.1, 0.15) is 0 Å². The minimum absolute atomic E-state index is 0.576. The van der Waals surface area contributed by atoms with E-state index in [0.29, 0.717) is 13.1 Å². The van der Waals surface area contributed by atoms with Crippen LogP contribution in [0, 0.1) is 0 Å². The van der Waals surface area contributed by atoms with E-state index in [1.807, 2.05) is 37.3 Å². The van der Waals surface area contributed by atoms with Gasteiger partial charge < -0.3 is 0 Å². The molecule has 0 heterocycles. The van der Waals surface area contributed by atoms with Crippen LogP contribution in [0.1, 0.15) is 12.5 Å². The largest absolute Gasteiger partial charge is 0.299 e. The van der Waals surface area contributed by atoms with E-state index >= 15 is 0 Å². The number of hydrazine groups is 1. The average Bonchev–Trinajstić information content (AvgIpc) is 2.16. The monoisotopic (exact) mass is 166 g/mol. The standard InChI is InChI=1S/C9H14N2O/c1-2-11(12)10-8-9-6-4-3-5-7-9/h3-7,10,12H,2,8H2,1H3. The molecule has 0 aromatic heterocycles. The number of hydrogen-bond donors (Lipinski definition) is 2. The Labute approximate surface area is 72.6 Å². The molecule has 1 aromatic carbocycles. The van der Waals surface area contributed by atoms with Crippen molar-refractivity contribution in [2.75, 3.05) is 6.54 Å². The number of rotatable bonds is 4. The normalized spacial score (nSPS) is 10.6. The zero-order valence-corrected chi connectivity index (χ0v) is 7.20. The predicted octanol–water partition coefficient (Wildman–Crippen LogP) is 1.40. The van der Waals surface area contributed by atoms with E-state index in [0.717, 1.165) is 10.7 Å². The highest BCUT2D eigenvalue weighted by Gasteiger charge is 1.94. The lowest BCUT2D eigenvalue weighted by Gasteiger charge is -2.12. The van der Waals surface area contributed by atoms with Gasteiger partial charge in [0, 0.05) is 13.1 Å². The number of benzene rings is 1. The highest BCUT2D eigenvalue weighted by atomic mass is 16.5. The van der Waals surface area contributed by atoms with E-state index in [1.54, 1.807) is 0 Å². The second-order valence-corrected chi connectivity index (χ2v) is 2.54. The van der Waals surface area contributed by atoms with Crippen LogP contribution >= 0.6 is 0 Å². The van der Waals surface area contributed by atoms with E-state index < -0.39 is 0 Å². The molecule has 1 aromatic rings. The molecule has 0 bridgehead atoms. The van der Waals surface area contributed by atoms with Crippen molar-refractivity contribution in [3.05, 3.63) is 35.9 Å². The van der Waals surface area contributed by atoms with E-state index in [9.17, 15) is 0 Å². The first kappa shape index (κ1) is 9.19. The van der Waals surface area contributed by atoms with Crippen molar-refractivity contribution in [2.24, 2.45) is 0 Å². The molecule has 0 amide bonds. The molecule has 1 rings (SSSR count). The first-order chi connectivity index (χ1) is 5.83. The highest BCUT2D eigenvalue weighted by molar-refractivity contribution is 5.13. The lowest BCUT2D eigenvalue weighted by Crippen LogP contribution is -2.33. The van der Waals surface area contributed by atoms with Crippen LogP contribution in [0.15, 0.2) is 30.3 Å². The summed E-state index contributed by atoms with van der Waals surface area (Å²) in [6.45, 7) is 3.11. The van der Waals surface area contributed by atoms with Gasteiger partial charge >= 0.3 is 0 Å². The molecular weight excluding hydrogens is 152 g/mol. The zero-order valence-electron chi connectivity index (χ0n) is 7.20. The number of nitrogens with zero attached hydrogens (tertiary/aromatic N) is 1. The van der Waals surface area contributed by atoms with Crippen molar-refractivity contribution >= 4 is 0 Å². The molecule has 2 N–H and O–H groups in total. The third-order valence-corrected chi connectivity index (χ3v) is 1.61. The smallest absolute Gasteiger partial charge is 0.0375 e. The van der Waals surface area contributed by atoms with Crippen LogP contribution in [-0.4, -0.2) is 16.9 Å². The number of hydroxylamine groups is 1. The summed E-state index contributed by atoms with van der Waals surface area (Å²) in [5, 5.41) is 10.1. The molecule has 66 valence electrons. The maximum Gasteiger partial charge on any atom is 0.0375 e. The molecule has 0 saturated heterocycles. The molecule has 3 nitrogen and oxygen atoms in total. The van der Waals surface area contributed by atoms with Crippen molar-refractivity contribution in [1.82, 2.24) is 10.6 Å². The number of hydrogen-bond acceptors (Lipinski definition) is 3. The molecule has 0 unspecified atom stereocenters. The van der Waals surface area contributed by atoms with Crippen molar-refractivity contribution in [1.29, 1.82) is 0 Å². The van der Waals surface area contributed by atoms with Gasteiger partial charge in [-0.1, -0.05) is 30.3 Å². The molecule has 0 radical (unpaired) electrons. The fourth-order valence-corrected chi connectivity index (χ4v) is 0.890. The Balaban J connectivity index is 2.33. The second kappa shape index (κ2) is 4.87. The van der Waals surface area contributed by atoms with Crippen molar-refractivity contribution in [2.45, 2.75) is 13.5 Å². The van der Waals surface area contributed by atoms with E-state index in [2.05, 4.69) is 5.43 Å². The maximum absolute atomic E-state index is 9.04. The molecule has 0 aliphatic rings. The van der Waals surface area contributed by atoms with Crippen molar-refractivity contribution in [3.63, 3.8) is 0 Å². The Hall–Kier alpha value is -0.900. The third kappa shape index (κ3) is 3.00. The summed E-state index contributed by atoms with van der Waals surface area (Å²) in [4.78, 5) is 0. The van der Waals surface area contributed by atoms with Gasteiger partial charge in [0.25, 0.3) is 0 Å². The van der Waals surface area contributed by atoms with Crippen LogP contribution in [0.4, 0.5) is 0 Å². The first-order valence-corrected chi connectivity index (χ1v) is 4.06. The van der Waals surface area contributed by atoms with Gasteiger partial charge in [-0.15, -0.1) is 5.17 Å². The molecular formula is C9H14N2O. The Morgan fingerprint density at radius 2 is 2.00 bits per heavy atom. The van der Waals surface area contributed by atoms with Gasteiger partial charge in [0.2, 0.25) is 0 Å². The van der Waals surface area contributed by atoms with E-state index in [1.165, 1.54) is 0 Å². The van der Waals surface area contributed by atoms with Crippen molar-refractivity contribution in [3.8, 4) is 0 Å². The quantitative estimate of drug-likeness (QED) is 0.664. The summed E-state index contributed by atoms with van der Waals surface area (Å²) >= 11 is 0. The van der Waals surface area contributed by atoms with Crippen LogP contribution in [0.2, 0.25) is 0 Å². The lowest BCUT2D eigenvalue weighted by atomic mass is 10.2. The molecule has 0 saturated carbocycles. The molecule has 3 heteroatoms. The summed E-state index contributed by atoms with van der Waals surface area (Å²) in [6, 6.07) is 9.95. The number of nitrogens with one attached hydrogen (secondary N) is 1. The van der Waals surface area contributed by atoms with Crippen LogP contribution in [0.5, 0.6) is 0 Å². The van der Waals surface area contributed by atoms with E-state index in [-0.39, 0.29) is 0 Å². The lowest BCUT2D eigenvalue weighted by molar-refractivity contribution is -0.134. The SMILES string of the molecule is CCN(O)NCc1ccccc1. The Kier molecular flexibility index (Phi) is 3.73. The zero-order chi connectivity index (χ0) is 8.81. The van der Waals surface area contributed by atoms with E-state index in [4.69, 9.17) is 5.21 Å². The first-order valence-electron chi connectivity index (χ1n) is 4.06. The predicted molar refractivity (Wildman–Crippen MR) is 47.4 cm³/mol. The average molecular weight is 166 g/mol. The minimum Gasteiger partial charge on any atom is -0.299 e. The van der Waals surface area contributed by atoms with Gasteiger partial charge in [0.05, 0.1) is 0 Å². The Bertz CT molecular complexity index is 213. The van der Waals surface area contributed by atoms with Gasteiger partial charge in [-0.2, -0.15) is 0 Å². The van der Waals surface area contributed by atoms with Gasteiger partial charge in [-0.25, -0.2) is 5.43 Å². The fraction of sp³-hybridized carbons (Fsp3) is 0.333. The molecule has 0 fully saturated rings. The van der Waals surface area contributed by atoms with Crippen LogP contribution < -0.4 is 5.43 Å². The summed E-state index contributed by atoms with van der Waals surface area (Å²) < 4.78 is 0. The Morgan fingerprint density at radius 3 is 2.58 bits per heavy atom. The van der Waals surface area contributed by atoms with Gasteiger partial charge in [0.15, 0.2) is 0 Å². The highest BCUT2D eigenvalue weighted by Crippen LogP contribution is 1.96. The summed E-state index contributed by atoms with van der Waals surface area (Å²) in [6.07, 6.45) is 0. The third-order valence-electron chi connectivity index (χ3n) is 1.61. The summed E-state index contributed by atoms with van der Waals surface area (Å²) in [7, 11) is 0. The maximum atomic E-state index is 9.04. The van der Waals surface area contributed by atoms with Crippen molar-refractivity contribution < 1.29 is 5.21 Å². The summed E-state index contributed by atoms with van der Waals surface area (Å²) in [5.74, 6) is 0. The summed E-state index contributed by atoms with van der Waals surface area (Å²) in [5.41, 5.74) is 3.99. The minimum atomic E-state index is 0.576. The topological polar surface area (TPSA) is 35.5 Å². The Morgan fingerprint density at radius 1 is 1.33 bits per heavy atom. The van der Waals surface area contributed by atoms with Crippen LogP contribution in [0.3, 0.4) is 0 Å². The molecule has 0 aliphatic carbocycles. The van der Waals surface area contributed by atoms with Crippen LogP contribution in [-0.2, 0) is 6.54 Å². The molecule has 0 atom stereocenters. The fourth-order valence-electron chi connectivity index (χ4n) is 0.890. The van der Waals surface area contributed by atoms with Gasteiger partial charge in [-0.3, -0.25) is 5.21 Å². The molecule has 12 heavy (non-hydrogen) atoms. The van der Waals surface area contributed by atoms with Gasteiger partial charge in [-0.05, 0) is 12.5 Å². The van der Waals surface area contributed by atoms with Crippen LogP contribution in [0.25, 0.3) is 0 Å². The molecule has 0 aliphatic heterocycles. The molecule has 0 spiro atoms.